The molecule has 136 valence electrons. The summed E-state index contributed by atoms with van der Waals surface area (Å²) in [6.07, 6.45) is 0.230. The number of alkyl halides is 2. The number of imidazole rings is 1. The minimum Gasteiger partial charge on any atom is -0.355 e. The highest BCUT2D eigenvalue weighted by molar-refractivity contribution is 7.92. The molecule has 1 N–H and O–H groups in total. The lowest BCUT2D eigenvalue weighted by Crippen LogP contribution is -2.40. The third-order valence-corrected chi connectivity index (χ3v) is 5.91. The van der Waals surface area contributed by atoms with Crippen LogP contribution in [0.15, 0.2) is 30.7 Å². The minimum absolute atomic E-state index is 0.293. The zero-order valence-electron chi connectivity index (χ0n) is 13.5. The summed E-state index contributed by atoms with van der Waals surface area (Å²) in [7, 11) is -2.50. The molecule has 0 bridgehead atoms. The summed E-state index contributed by atoms with van der Waals surface area (Å²) >= 11 is 0. The summed E-state index contributed by atoms with van der Waals surface area (Å²) in [5.41, 5.74) is 1.08. The topological polar surface area (TPSA) is 100 Å². The zero-order valence-corrected chi connectivity index (χ0v) is 14.4. The van der Waals surface area contributed by atoms with Crippen molar-refractivity contribution < 1.29 is 13.0 Å². The van der Waals surface area contributed by atoms with Crippen LogP contribution in [0.2, 0.25) is 0 Å². The van der Waals surface area contributed by atoms with Gasteiger partial charge in [-0.25, -0.2) is 32.5 Å². The van der Waals surface area contributed by atoms with Crippen LogP contribution in [0, 0.1) is 4.78 Å². The van der Waals surface area contributed by atoms with E-state index in [0.29, 0.717) is 47.4 Å². The maximum absolute atomic E-state index is 12.9. The van der Waals surface area contributed by atoms with Gasteiger partial charge in [-0.1, -0.05) is 0 Å². The van der Waals surface area contributed by atoms with Gasteiger partial charge in [-0.2, -0.15) is 5.10 Å². The number of anilines is 1. The van der Waals surface area contributed by atoms with Gasteiger partial charge in [0.1, 0.15) is 23.5 Å². The van der Waals surface area contributed by atoms with Crippen molar-refractivity contribution in [2.45, 2.75) is 6.43 Å². The van der Waals surface area contributed by atoms with Crippen molar-refractivity contribution >= 4 is 21.2 Å². The van der Waals surface area contributed by atoms with E-state index in [1.54, 1.807) is 6.07 Å². The van der Waals surface area contributed by atoms with Crippen molar-refractivity contribution in [1.82, 2.24) is 24.6 Å². The summed E-state index contributed by atoms with van der Waals surface area (Å²) in [6.45, 7) is 0.944. The summed E-state index contributed by atoms with van der Waals surface area (Å²) in [5.74, 6) is 1.22. The molecule has 1 saturated heterocycles. The van der Waals surface area contributed by atoms with E-state index in [2.05, 4.69) is 20.1 Å². The van der Waals surface area contributed by atoms with E-state index in [-0.39, 0.29) is 5.69 Å². The fourth-order valence-electron chi connectivity index (χ4n) is 2.80. The quantitative estimate of drug-likeness (QED) is 0.747. The van der Waals surface area contributed by atoms with Gasteiger partial charge in [0.2, 0.25) is 0 Å². The van der Waals surface area contributed by atoms with E-state index in [1.807, 2.05) is 4.90 Å². The molecule has 0 unspecified atom stereocenters. The fourth-order valence-corrected chi connectivity index (χ4v) is 4.03. The Morgan fingerprint density at radius 2 is 1.92 bits per heavy atom. The molecule has 3 aromatic heterocycles. The number of aromatic nitrogens is 5. The molecule has 1 aliphatic heterocycles. The molecule has 0 aromatic carbocycles. The van der Waals surface area contributed by atoms with Crippen LogP contribution in [0.5, 0.6) is 0 Å². The highest BCUT2D eigenvalue weighted by Crippen LogP contribution is 2.24. The molecule has 0 radical (unpaired) electrons. The molecule has 11 heteroatoms. The maximum atomic E-state index is 12.9. The first kappa shape index (κ1) is 16.8. The Bertz CT molecular complexity index is 1050. The number of hydrogen-bond donors (Lipinski definition) is 1. The van der Waals surface area contributed by atoms with Crippen molar-refractivity contribution in [3.05, 3.63) is 36.4 Å². The SMILES string of the molecule is N=S1(=O)CCN(c2cc(-c3cnc4ccc(C(F)F)nn34)ncn2)CC1. The Morgan fingerprint density at radius 3 is 2.65 bits per heavy atom. The molecular formula is C15H15F2N7OS. The molecule has 8 nitrogen and oxygen atoms in total. The number of nitrogens with zero attached hydrogens (tertiary/aromatic N) is 6. The van der Waals surface area contributed by atoms with E-state index in [9.17, 15) is 13.0 Å². The van der Waals surface area contributed by atoms with E-state index < -0.39 is 16.2 Å². The second kappa shape index (κ2) is 6.24. The van der Waals surface area contributed by atoms with Crippen LogP contribution < -0.4 is 4.90 Å². The van der Waals surface area contributed by atoms with Crippen LogP contribution in [0.3, 0.4) is 0 Å². The lowest BCUT2D eigenvalue weighted by molar-refractivity contribution is 0.144. The Hall–Kier alpha value is -2.69. The van der Waals surface area contributed by atoms with Gasteiger partial charge in [-0.05, 0) is 12.1 Å². The van der Waals surface area contributed by atoms with Gasteiger partial charge < -0.3 is 4.90 Å². The van der Waals surface area contributed by atoms with E-state index in [0.717, 1.165) is 0 Å². The van der Waals surface area contributed by atoms with Crippen LogP contribution in [-0.2, 0) is 9.73 Å². The van der Waals surface area contributed by atoms with Crippen molar-refractivity contribution in [3.8, 4) is 11.4 Å². The number of nitrogens with one attached hydrogen (secondary N) is 1. The number of halogens is 2. The van der Waals surface area contributed by atoms with E-state index >= 15 is 0 Å². The molecule has 0 aliphatic carbocycles. The molecule has 1 fully saturated rings. The summed E-state index contributed by atoms with van der Waals surface area (Å²) in [6, 6.07) is 4.45. The van der Waals surface area contributed by atoms with Gasteiger partial charge in [0.25, 0.3) is 6.43 Å². The fraction of sp³-hybridized carbons (Fsp3) is 0.333. The molecule has 1 aliphatic rings. The zero-order chi connectivity index (χ0) is 18.3. The molecule has 0 saturated carbocycles. The first-order chi connectivity index (χ1) is 12.4. The maximum Gasteiger partial charge on any atom is 0.282 e. The van der Waals surface area contributed by atoms with Gasteiger partial charge in [-0.3, -0.25) is 4.78 Å². The first-order valence-electron chi connectivity index (χ1n) is 7.87. The first-order valence-corrected chi connectivity index (χ1v) is 9.77. The van der Waals surface area contributed by atoms with E-state index in [1.165, 1.54) is 29.2 Å². The third-order valence-electron chi connectivity index (χ3n) is 4.23. The average molecular weight is 379 g/mol. The molecule has 0 atom stereocenters. The van der Waals surface area contributed by atoms with Crippen LogP contribution in [0.4, 0.5) is 14.6 Å². The van der Waals surface area contributed by atoms with Crippen molar-refractivity contribution in [1.29, 1.82) is 4.78 Å². The lowest BCUT2D eigenvalue weighted by Gasteiger charge is -2.28. The van der Waals surface area contributed by atoms with Gasteiger partial charge in [0.15, 0.2) is 5.65 Å². The Labute approximate surface area is 147 Å². The third kappa shape index (κ3) is 3.09. The Balaban J connectivity index is 1.71. The number of rotatable bonds is 3. The second-order valence-corrected chi connectivity index (χ2v) is 8.38. The van der Waals surface area contributed by atoms with Crippen LogP contribution in [0.25, 0.3) is 17.0 Å². The summed E-state index contributed by atoms with van der Waals surface area (Å²) in [4.78, 5) is 14.6. The highest BCUT2D eigenvalue weighted by atomic mass is 32.2. The second-order valence-electron chi connectivity index (χ2n) is 5.94. The molecule has 0 spiro atoms. The Kier molecular flexibility index (Phi) is 4.02. The number of fused-ring (bicyclic) bond motifs is 1. The van der Waals surface area contributed by atoms with Crippen LogP contribution in [0.1, 0.15) is 12.1 Å². The highest BCUT2D eigenvalue weighted by Gasteiger charge is 2.21. The molecule has 3 aromatic rings. The molecule has 4 rings (SSSR count). The van der Waals surface area contributed by atoms with Crippen LogP contribution >= 0.6 is 0 Å². The smallest absolute Gasteiger partial charge is 0.282 e. The van der Waals surface area contributed by atoms with Gasteiger partial charge in [0, 0.05) is 40.4 Å². The van der Waals surface area contributed by atoms with Gasteiger partial charge >= 0.3 is 0 Å². The number of hydrogen-bond acceptors (Lipinski definition) is 7. The summed E-state index contributed by atoms with van der Waals surface area (Å²) in [5, 5.41) is 3.94. The standard InChI is InChI=1S/C15H15F2N7OS/c16-15(17)10-1-2-13-19-8-12(24(13)22-10)11-7-14(21-9-20-11)23-3-5-26(18,25)6-4-23/h1-2,7-9,15,18H,3-6H2. The van der Waals surface area contributed by atoms with Gasteiger partial charge in [0.05, 0.1) is 11.9 Å². The molecule has 4 heterocycles. The van der Waals surface area contributed by atoms with E-state index in [4.69, 9.17) is 4.78 Å². The molecule has 26 heavy (non-hydrogen) atoms. The predicted octanol–water partition coefficient (Wildman–Crippen LogP) is 1.99. The molecular weight excluding hydrogens is 364 g/mol. The largest absolute Gasteiger partial charge is 0.355 e. The average Bonchev–Trinajstić information content (AvgIpc) is 3.05. The molecule has 0 amide bonds. The van der Waals surface area contributed by atoms with Crippen molar-refractivity contribution in [2.24, 2.45) is 0 Å². The van der Waals surface area contributed by atoms with Crippen LogP contribution in [-0.4, -0.2) is 53.4 Å². The van der Waals surface area contributed by atoms with Crippen molar-refractivity contribution in [2.75, 3.05) is 29.5 Å². The lowest BCUT2D eigenvalue weighted by atomic mass is 10.3. The van der Waals surface area contributed by atoms with Gasteiger partial charge in [-0.15, -0.1) is 0 Å². The Morgan fingerprint density at radius 1 is 1.15 bits per heavy atom. The normalized spacial score (nSPS) is 17.1. The minimum atomic E-state index is -2.68. The predicted molar refractivity (Wildman–Crippen MR) is 91.8 cm³/mol. The summed E-state index contributed by atoms with van der Waals surface area (Å²) < 4.78 is 46.7. The van der Waals surface area contributed by atoms with Crippen molar-refractivity contribution in [3.63, 3.8) is 0 Å². The monoisotopic (exact) mass is 379 g/mol.